The van der Waals surface area contributed by atoms with Crippen LogP contribution in [0.5, 0.6) is 0 Å². The van der Waals surface area contributed by atoms with E-state index < -0.39 is 0 Å². The molecule has 0 saturated carbocycles. The molecule has 0 N–H and O–H groups in total. The number of thioether (sulfide) groups is 1. The van der Waals surface area contributed by atoms with Crippen molar-refractivity contribution in [2.24, 2.45) is 11.8 Å². The zero-order chi connectivity index (χ0) is 21.6. The van der Waals surface area contributed by atoms with E-state index in [2.05, 4.69) is 18.7 Å². The molecule has 0 unspecified atom stereocenters. The second-order valence-corrected chi connectivity index (χ2v) is 9.99. The van der Waals surface area contributed by atoms with Crippen molar-refractivity contribution in [1.29, 1.82) is 0 Å². The molecule has 2 aliphatic rings. The second-order valence-electron chi connectivity index (χ2n) is 8.32. The summed E-state index contributed by atoms with van der Waals surface area (Å²) < 4.78 is 2.10. The number of thiocarbonyl (C=S) groups is 1. The summed E-state index contributed by atoms with van der Waals surface area (Å²) in [5.41, 5.74) is 1.89. The molecule has 4 heterocycles. The Morgan fingerprint density at radius 3 is 2.60 bits per heavy atom. The first kappa shape index (κ1) is 21.1. The number of fused-ring (bicyclic) bond motifs is 1. The summed E-state index contributed by atoms with van der Waals surface area (Å²) in [7, 11) is 0. The number of aryl methyl sites for hydroxylation is 1. The van der Waals surface area contributed by atoms with Gasteiger partial charge in [-0.25, -0.2) is 4.98 Å². The summed E-state index contributed by atoms with van der Waals surface area (Å²) in [6.07, 6.45) is 4.59. The van der Waals surface area contributed by atoms with E-state index >= 15 is 0 Å². The fraction of sp³-hybridized carbons (Fsp3) is 0.455. The van der Waals surface area contributed by atoms with E-state index in [-0.39, 0.29) is 11.5 Å². The van der Waals surface area contributed by atoms with Crippen molar-refractivity contribution in [3.63, 3.8) is 0 Å². The fourth-order valence-corrected chi connectivity index (χ4v) is 5.77. The zero-order valence-corrected chi connectivity index (χ0v) is 19.3. The van der Waals surface area contributed by atoms with E-state index in [0.717, 1.165) is 25.1 Å². The number of likely N-dealkylation sites (N-methyl/N-ethyl adjacent to an activating group) is 1. The Labute approximate surface area is 186 Å². The van der Waals surface area contributed by atoms with Crippen LogP contribution in [-0.2, 0) is 4.79 Å². The quantitative estimate of drug-likeness (QED) is 0.534. The van der Waals surface area contributed by atoms with Crippen molar-refractivity contribution < 1.29 is 4.79 Å². The van der Waals surface area contributed by atoms with Gasteiger partial charge >= 0.3 is 0 Å². The first-order chi connectivity index (χ1) is 14.3. The molecule has 1 amide bonds. The molecule has 30 heavy (non-hydrogen) atoms. The standard InChI is InChI=1S/C22H26N4O2S2/c1-5-25-21(28)17(30-22(25)29)10-16-19(24-11-13(2)9-14(3)12-24)23-18-15(4)7-6-8-26(18)20(16)27/h6-8,10,13-14H,5,9,11-12H2,1-4H3/b17-10-/t13-,14+. The van der Waals surface area contributed by atoms with Crippen molar-refractivity contribution in [2.45, 2.75) is 34.1 Å². The topological polar surface area (TPSA) is 57.9 Å². The van der Waals surface area contributed by atoms with Crippen LogP contribution in [0.3, 0.4) is 0 Å². The van der Waals surface area contributed by atoms with Crippen LogP contribution in [0.2, 0.25) is 0 Å². The molecule has 0 spiro atoms. The molecule has 8 heteroatoms. The van der Waals surface area contributed by atoms with Gasteiger partial charge in [0.1, 0.15) is 15.8 Å². The highest BCUT2D eigenvalue weighted by Crippen LogP contribution is 2.34. The van der Waals surface area contributed by atoms with Crippen LogP contribution >= 0.6 is 24.0 Å². The highest BCUT2D eigenvalue weighted by molar-refractivity contribution is 8.26. The molecule has 0 radical (unpaired) electrons. The van der Waals surface area contributed by atoms with Crippen LogP contribution in [0.15, 0.2) is 28.0 Å². The Morgan fingerprint density at radius 2 is 1.97 bits per heavy atom. The number of piperidine rings is 1. The predicted molar refractivity (Wildman–Crippen MR) is 127 cm³/mol. The number of nitrogens with zero attached hydrogens (tertiary/aromatic N) is 4. The number of carbonyl (C=O) groups excluding carboxylic acids is 1. The molecule has 2 aliphatic heterocycles. The molecular weight excluding hydrogens is 416 g/mol. The van der Waals surface area contributed by atoms with Crippen LogP contribution in [-0.4, -0.2) is 44.1 Å². The maximum atomic E-state index is 13.5. The largest absolute Gasteiger partial charge is 0.355 e. The van der Waals surface area contributed by atoms with Gasteiger partial charge in [-0.15, -0.1) is 0 Å². The van der Waals surface area contributed by atoms with Gasteiger partial charge in [-0.2, -0.15) is 0 Å². The third-order valence-electron chi connectivity index (χ3n) is 5.70. The number of aromatic nitrogens is 2. The lowest BCUT2D eigenvalue weighted by molar-refractivity contribution is -0.121. The van der Waals surface area contributed by atoms with Crippen LogP contribution in [0.1, 0.15) is 38.3 Å². The lowest BCUT2D eigenvalue weighted by Gasteiger charge is -2.36. The molecule has 2 aromatic rings. The van der Waals surface area contributed by atoms with Crippen LogP contribution in [0.25, 0.3) is 11.7 Å². The number of pyridine rings is 1. The van der Waals surface area contributed by atoms with Crippen molar-refractivity contribution in [3.8, 4) is 0 Å². The molecular formula is C22H26N4O2S2. The third kappa shape index (κ3) is 3.67. The van der Waals surface area contributed by atoms with E-state index in [1.54, 1.807) is 21.6 Å². The van der Waals surface area contributed by atoms with Crippen molar-refractivity contribution in [3.05, 3.63) is 44.7 Å². The van der Waals surface area contributed by atoms with Gasteiger partial charge in [-0.1, -0.05) is 43.9 Å². The minimum Gasteiger partial charge on any atom is -0.355 e. The number of hydrogen-bond acceptors (Lipinski definition) is 6. The first-order valence-corrected chi connectivity index (χ1v) is 11.5. The maximum absolute atomic E-state index is 13.5. The second kappa shape index (κ2) is 8.15. The van der Waals surface area contributed by atoms with E-state index in [1.165, 1.54) is 11.8 Å². The van der Waals surface area contributed by atoms with E-state index in [1.807, 2.05) is 26.0 Å². The van der Waals surface area contributed by atoms with Crippen LogP contribution < -0.4 is 10.5 Å². The Balaban J connectivity index is 1.92. The number of anilines is 1. The summed E-state index contributed by atoms with van der Waals surface area (Å²) in [4.78, 5) is 35.5. The zero-order valence-electron chi connectivity index (χ0n) is 17.7. The van der Waals surface area contributed by atoms with Gasteiger partial charge < -0.3 is 4.90 Å². The smallest absolute Gasteiger partial charge is 0.267 e. The Morgan fingerprint density at radius 1 is 1.27 bits per heavy atom. The lowest BCUT2D eigenvalue weighted by atomic mass is 9.91. The maximum Gasteiger partial charge on any atom is 0.267 e. The number of carbonyl (C=O) groups is 1. The van der Waals surface area contributed by atoms with Crippen LogP contribution in [0.4, 0.5) is 5.82 Å². The van der Waals surface area contributed by atoms with Crippen molar-refractivity contribution >= 4 is 51.7 Å². The molecule has 2 atom stereocenters. The Hall–Kier alpha value is -2.19. The van der Waals surface area contributed by atoms with E-state index in [9.17, 15) is 9.59 Å². The SMILES string of the molecule is CCN1C(=O)/C(=C/c2c(N3C[C@H](C)C[C@H](C)C3)nc3c(C)cccn3c2=O)SC1=S. The summed E-state index contributed by atoms with van der Waals surface area (Å²) in [5, 5.41) is 0. The molecule has 0 aromatic carbocycles. The molecule has 2 aromatic heterocycles. The highest BCUT2D eigenvalue weighted by Gasteiger charge is 2.32. The van der Waals surface area contributed by atoms with Crippen molar-refractivity contribution in [2.75, 3.05) is 24.5 Å². The number of hydrogen-bond donors (Lipinski definition) is 0. The van der Waals surface area contributed by atoms with Gasteiger partial charge in [0, 0.05) is 25.8 Å². The molecule has 6 nitrogen and oxygen atoms in total. The van der Waals surface area contributed by atoms with Gasteiger partial charge in [0.25, 0.3) is 11.5 Å². The molecule has 0 bridgehead atoms. The minimum atomic E-state index is -0.161. The van der Waals surface area contributed by atoms with E-state index in [4.69, 9.17) is 17.2 Å². The van der Waals surface area contributed by atoms with E-state index in [0.29, 0.717) is 44.6 Å². The summed E-state index contributed by atoms with van der Waals surface area (Å²) in [6, 6.07) is 3.80. The molecule has 2 fully saturated rings. The first-order valence-electron chi connectivity index (χ1n) is 10.3. The van der Waals surface area contributed by atoms with Gasteiger partial charge in [-0.3, -0.25) is 18.9 Å². The molecule has 2 saturated heterocycles. The Bertz CT molecular complexity index is 1110. The fourth-order valence-electron chi connectivity index (χ4n) is 4.41. The van der Waals surface area contributed by atoms with Gasteiger partial charge in [-0.05, 0) is 49.8 Å². The lowest BCUT2D eigenvalue weighted by Crippen LogP contribution is -2.40. The predicted octanol–water partition coefficient (Wildman–Crippen LogP) is 3.71. The summed E-state index contributed by atoms with van der Waals surface area (Å²) in [6.45, 7) is 10.5. The average molecular weight is 443 g/mol. The normalized spacial score (nSPS) is 23.8. The number of amides is 1. The number of rotatable bonds is 3. The summed E-state index contributed by atoms with van der Waals surface area (Å²) >= 11 is 6.59. The average Bonchev–Trinajstić information content (AvgIpc) is 2.96. The summed E-state index contributed by atoms with van der Waals surface area (Å²) in [5.74, 6) is 1.54. The Kier molecular flexibility index (Phi) is 5.72. The monoisotopic (exact) mass is 442 g/mol. The molecule has 4 rings (SSSR count). The van der Waals surface area contributed by atoms with Gasteiger partial charge in [0.05, 0.1) is 10.5 Å². The van der Waals surface area contributed by atoms with Crippen molar-refractivity contribution in [1.82, 2.24) is 14.3 Å². The molecule has 0 aliphatic carbocycles. The minimum absolute atomic E-state index is 0.146. The van der Waals surface area contributed by atoms with Crippen LogP contribution in [0, 0.1) is 18.8 Å². The van der Waals surface area contributed by atoms with Gasteiger partial charge in [0.2, 0.25) is 0 Å². The highest BCUT2D eigenvalue weighted by atomic mass is 32.2. The van der Waals surface area contributed by atoms with Gasteiger partial charge in [0.15, 0.2) is 0 Å². The third-order valence-corrected chi connectivity index (χ3v) is 7.08. The molecule has 158 valence electrons.